The van der Waals surface area contributed by atoms with E-state index in [4.69, 9.17) is 10.8 Å². The molecular weight excluding hydrogens is 218 g/mol. The molecule has 1 aromatic rings. The summed E-state index contributed by atoms with van der Waals surface area (Å²) in [5, 5.41) is 8.49. The molecule has 1 aromatic carbocycles. The Morgan fingerprint density at radius 3 is 2.06 bits per heavy atom. The van der Waals surface area contributed by atoms with Gasteiger partial charge in [0, 0.05) is 11.6 Å². The molecule has 1 saturated carbocycles. The Morgan fingerprint density at radius 1 is 1.24 bits per heavy atom. The van der Waals surface area contributed by atoms with Crippen LogP contribution < -0.4 is 5.73 Å². The number of benzene rings is 1. The van der Waals surface area contributed by atoms with Gasteiger partial charge in [0.2, 0.25) is 0 Å². The Balaban J connectivity index is 0.000000302. The molecular formula is C13H15NO3. The van der Waals surface area contributed by atoms with Crippen LogP contribution in [0.2, 0.25) is 0 Å². The van der Waals surface area contributed by atoms with Gasteiger partial charge in [0.15, 0.2) is 5.78 Å². The molecule has 0 unspecified atom stereocenters. The average Bonchev–Trinajstić information content (AvgIpc) is 3.11. The number of ketones is 1. The summed E-state index contributed by atoms with van der Waals surface area (Å²) >= 11 is 0. The van der Waals surface area contributed by atoms with Crippen LogP contribution >= 0.6 is 0 Å². The van der Waals surface area contributed by atoms with E-state index in [1.54, 1.807) is 30.3 Å². The zero-order valence-electron chi connectivity index (χ0n) is 9.43. The first-order valence-corrected chi connectivity index (χ1v) is 5.30. The number of rotatable bonds is 3. The summed E-state index contributed by atoms with van der Waals surface area (Å²) in [5.41, 5.74) is 5.15. The lowest BCUT2D eigenvalue weighted by molar-refractivity contribution is -0.132. The third-order valence-corrected chi connectivity index (χ3v) is 2.19. The lowest BCUT2D eigenvalue weighted by atomic mass is 10.1. The first-order valence-electron chi connectivity index (χ1n) is 5.30. The second-order valence-electron chi connectivity index (χ2n) is 3.82. The number of carbonyl (C=O) groups is 2. The lowest BCUT2D eigenvalue weighted by Gasteiger charge is -1.98. The highest BCUT2D eigenvalue weighted by Gasteiger charge is 2.15. The maximum atomic E-state index is 11.3. The molecule has 0 amide bonds. The van der Waals surface area contributed by atoms with Crippen LogP contribution in [0.4, 0.5) is 0 Å². The summed E-state index contributed by atoms with van der Waals surface area (Å²) in [4.78, 5) is 21.7. The minimum atomic E-state index is -1.28. The monoisotopic (exact) mass is 233 g/mol. The minimum Gasteiger partial charge on any atom is -0.478 e. The highest BCUT2D eigenvalue weighted by Crippen LogP contribution is 2.13. The second-order valence-corrected chi connectivity index (χ2v) is 3.82. The van der Waals surface area contributed by atoms with E-state index < -0.39 is 17.3 Å². The molecule has 0 spiro atoms. The predicted octanol–water partition coefficient (Wildman–Crippen LogP) is 1.62. The number of hydrogen-bond donors (Lipinski definition) is 2. The van der Waals surface area contributed by atoms with Crippen LogP contribution in [-0.2, 0) is 4.79 Å². The summed E-state index contributed by atoms with van der Waals surface area (Å²) < 4.78 is 0. The molecule has 2 rings (SSSR count). The van der Waals surface area contributed by atoms with Gasteiger partial charge in [-0.15, -0.1) is 0 Å². The molecule has 4 heteroatoms. The zero-order valence-corrected chi connectivity index (χ0v) is 9.43. The van der Waals surface area contributed by atoms with Crippen LogP contribution in [0.15, 0.2) is 42.5 Å². The Hall–Kier alpha value is -1.94. The van der Waals surface area contributed by atoms with Crippen molar-refractivity contribution in [3.05, 3.63) is 48.0 Å². The van der Waals surface area contributed by atoms with Crippen LogP contribution in [-0.4, -0.2) is 22.9 Å². The summed E-state index contributed by atoms with van der Waals surface area (Å²) in [7, 11) is 0. The van der Waals surface area contributed by atoms with Crippen molar-refractivity contribution in [3.8, 4) is 0 Å². The van der Waals surface area contributed by atoms with Gasteiger partial charge in [-0.25, -0.2) is 4.79 Å². The normalized spacial score (nSPS) is 13.2. The molecule has 1 aliphatic carbocycles. The maximum Gasteiger partial charge on any atom is 0.339 e. The molecule has 1 fully saturated rings. The van der Waals surface area contributed by atoms with Crippen molar-refractivity contribution in [2.24, 2.45) is 5.73 Å². The summed E-state index contributed by atoms with van der Waals surface area (Å²) in [6.45, 7) is 3.18. The molecule has 0 bridgehead atoms. The number of nitrogens with two attached hydrogens (primary N) is 1. The molecule has 90 valence electrons. The van der Waals surface area contributed by atoms with E-state index in [1.165, 1.54) is 12.8 Å². The smallest absolute Gasteiger partial charge is 0.339 e. The first-order chi connectivity index (χ1) is 8.02. The standard InChI is InChI=1S/C10H8O3.C3H7N/c1-7(10(12)13)9(11)8-5-3-2-4-6-8;4-3-1-2-3/h2-6H,1H2,(H,12,13);3H,1-2,4H2. The number of carbonyl (C=O) groups excluding carboxylic acids is 1. The molecule has 0 radical (unpaired) electrons. The van der Waals surface area contributed by atoms with Gasteiger partial charge in [0.25, 0.3) is 0 Å². The Labute approximate surface area is 99.8 Å². The Morgan fingerprint density at radius 2 is 1.71 bits per heavy atom. The summed E-state index contributed by atoms with van der Waals surface area (Å²) in [5.74, 6) is -1.83. The van der Waals surface area contributed by atoms with E-state index in [-0.39, 0.29) is 0 Å². The Bertz CT molecular complexity index is 422. The fourth-order valence-corrected chi connectivity index (χ4v) is 0.957. The molecule has 17 heavy (non-hydrogen) atoms. The second kappa shape index (κ2) is 5.96. The van der Waals surface area contributed by atoms with E-state index in [2.05, 4.69) is 6.58 Å². The molecule has 4 nitrogen and oxygen atoms in total. The zero-order chi connectivity index (χ0) is 12.8. The van der Waals surface area contributed by atoms with Crippen molar-refractivity contribution in [1.82, 2.24) is 0 Å². The number of hydrogen-bond acceptors (Lipinski definition) is 3. The van der Waals surface area contributed by atoms with Gasteiger partial charge < -0.3 is 10.8 Å². The van der Waals surface area contributed by atoms with Crippen molar-refractivity contribution >= 4 is 11.8 Å². The summed E-state index contributed by atoms with van der Waals surface area (Å²) in [6, 6.07) is 8.78. The maximum absolute atomic E-state index is 11.3. The fourth-order valence-electron chi connectivity index (χ4n) is 0.957. The van der Waals surface area contributed by atoms with E-state index in [0.29, 0.717) is 11.6 Å². The quantitative estimate of drug-likeness (QED) is 0.360. The molecule has 3 N–H and O–H groups in total. The molecule has 0 heterocycles. The van der Waals surface area contributed by atoms with Gasteiger partial charge in [-0.05, 0) is 12.8 Å². The van der Waals surface area contributed by atoms with Gasteiger partial charge in [0.1, 0.15) is 5.57 Å². The van der Waals surface area contributed by atoms with Gasteiger partial charge in [-0.3, -0.25) is 4.79 Å². The van der Waals surface area contributed by atoms with Crippen molar-refractivity contribution in [2.45, 2.75) is 18.9 Å². The van der Waals surface area contributed by atoms with Crippen molar-refractivity contribution in [3.63, 3.8) is 0 Å². The highest BCUT2D eigenvalue weighted by atomic mass is 16.4. The first kappa shape index (κ1) is 13.1. The van der Waals surface area contributed by atoms with E-state index in [0.717, 1.165) is 0 Å². The Kier molecular flexibility index (Phi) is 4.60. The van der Waals surface area contributed by atoms with Crippen molar-refractivity contribution in [2.75, 3.05) is 0 Å². The van der Waals surface area contributed by atoms with Gasteiger partial charge in [0.05, 0.1) is 0 Å². The summed E-state index contributed by atoms with van der Waals surface area (Å²) in [6.07, 6.45) is 2.53. The fraction of sp³-hybridized carbons (Fsp3) is 0.231. The van der Waals surface area contributed by atoms with Crippen LogP contribution in [0.25, 0.3) is 0 Å². The van der Waals surface area contributed by atoms with Gasteiger partial charge in [-0.1, -0.05) is 36.9 Å². The molecule has 0 aliphatic heterocycles. The van der Waals surface area contributed by atoms with Crippen LogP contribution in [0, 0.1) is 0 Å². The molecule has 0 atom stereocenters. The third-order valence-electron chi connectivity index (χ3n) is 2.19. The highest BCUT2D eigenvalue weighted by molar-refractivity contribution is 6.23. The molecule has 0 saturated heterocycles. The average molecular weight is 233 g/mol. The number of carboxylic acid groups (broad SMARTS) is 1. The third kappa shape index (κ3) is 4.61. The minimum absolute atomic E-state index is 0.343. The SMILES string of the molecule is C=C(C(=O)O)C(=O)c1ccccc1.NC1CC1. The largest absolute Gasteiger partial charge is 0.478 e. The van der Waals surface area contributed by atoms with Crippen molar-refractivity contribution < 1.29 is 14.7 Å². The molecule has 0 aromatic heterocycles. The van der Waals surface area contributed by atoms with E-state index in [1.807, 2.05) is 0 Å². The number of aliphatic carboxylic acids is 1. The van der Waals surface area contributed by atoms with Crippen LogP contribution in [0.5, 0.6) is 0 Å². The molecule has 1 aliphatic rings. The number of Topliss-reactive ketones (excluding diaryl/α,β-unsaturated/α-hetero) is 1. The van der Waals surface area contributed by atoms with Gasteiger partial charge >= 0.3 is 5.97 Å². The van der Waals surface area contributed by atoms with E-state index >= 15 is 0 Å². The van der Waals surface area contributed by atoms with Gasteiger partial charge in [-0.2, -0.15) is 0 Å². The topological polar surface area (TPSA) is 80.4 Å². The van der Waals surface area contributed by atoms with Crippen LogP contribution in [0.3, 0.4) is 0 Å². The van der Waals surface area contributed by atoms with Crippen LogP contribution in [0.1, 0.15) is 23.2 Å². The number of carboxylic acids is 1. The lowest BCUT2D eigenvalue weighted by Crippen LogP contribution is -2.10. The van der Waals surface area contributed by atoms with Crippen molar-refractivity contribution in [1.29, 1.82) is 0 Å². The van der Waals surface area contributed by atoms with E-state index in [9.17, 15) is 9.59 Å². The predicted molar refractivity (Wildman–Crippen MR) is 64.8 cm³/mol.